The number of carbonyl (C=O) groups is 1. The molecule has 21 heavy (non-hydrogen) atoms. The molecule has 4 heteroatoms. The molecular weight excluding hydrogens is 282 g/mol. The molecule has 0 aliphatic rings. The fourth-order valence-electron chi connectivity index (χ4n) is 1.79. The summed E-state index contributed by atoms with van der Waals surface area (Å²) in [5, 5.41) is 0. The number of Topliss-reactive ketones (excluding diaryl/α,β-unsaturated/α-hetero) is 1. The summed E-state index contributed by atoms with van der Waals surface area (Å²) < 4.78 is 1.56. The van der Waals surface area contributed by atoms with Gasteiger partial charge in [-0.15, -0.1) is 11.8 Å². The van der Waals surface area contributed by atoms with Crippen molar-refractivity contribution in [2.24, 2.45) is 0 Å². The van der Waals surface area contributed by atoms with E-state index in [2.05, 4.69) is 0 Å². The van der Waals surface area contributed by atoms with Crippen LogP contribution in [0.2, 0.25) is 0 Å². The van der Waals surface area contributed by atoms with E-state index < -0.39 is 0 Å². The molecule has 1 aromatic heterocycles. The maximum Gasteiger partial charge on any atom is 0.250 e. The van der Waals surface area contributed by atoms with Crippen LogP contribution < -0.4 is 5.56 Å². The Morgan fingerprint density at radius 2 is 1.71 bits per heavy atom. The van der Waals surface area contributed by atoms with E-state index in [4.69, 9.17) is 0 Å². The van der Waals surface area contributed by atoms with Crippen molar-refractivity contribution in [2.75, 3.05) is 6.26 Å². The first-order valence-electron chi connectivity index (χ1n) is 6.94. The van der Waals surface area contributed by atoms with Crippen LogP contribution in [-0.4, -0.2) is 16.6 Å². The van der Waals surface area contributed by atoms with Crippen LogP contribution in [0.15, 0.2) is 52.3 Å². The predicted octanol–water partition coefficient (Wildman–Crippen LogP) is 3.85. The second-order valence-corrected chi connectivity index (χ2v) is 5.17. The summed E-state index contributed by atoms with van der Waals surface area (Å²) in [6.07, 6.45) is 3.64. The molecule has 0 aliphatic carbocycles. The van der Waals surface area contributed by atoms with Gasteiger partial charge in [0.05, 0.1) is 6.54 Å². The van der Waals surface area contributed by atoms with Crippen LogP contribution in [0.4, 0.5) is 0 Å². The average molecular weight is 303 g/mol. The van der Waals surface area contributed by atoms with Gasteiger partial charge in [0.2, 0.25) is 0 Å². The molecule has 2 aromatic rings. The van der Waals surface area contributed by atoms with Crippen LogP contribution >= 0.6 is 11.8 Å². The number of hydrogen-bond donors (Lipinski definition) is 0. The molecule has 0 aliphatic heterocycles. The van der Waals surface area contributed by atoms with Crippen molar-refractivity contribution < 1.29 is 4.79 Å². The highest BCUT2D eigenvalue weighted by atomic mass is 32.2. The molecule has 112 valence electrons. The largest absolute Gasteiger partial charge is 0.310 e. The third-order valence-electron chi connectivity index (χ3n) is 2.90. The van der Waals surface area contributed by atoms with Crippen LogP contribution in [0, 0.1) is 0 Å². The summed E-state index contributed by atoms with van der Waals surface area (Å²) in [5.41, 5.74) is 1.50. The molecule has 1 aromatic carbocycles. The molecule has 0 radical (unpaired) electrons. The lowest BCUT2D eigenvalue weighted by atomic mass is 10.2. The topological polar surface area (TPSA) is 39.1 Å². The highest BCUT2D eigenvalue weighted by Gasteiger charge is 2.03. The Kier molecular flexibility index (Phi) is 6.96. The Balaban J connectivity index is 0.00000106. The minimum absolute atomic E-state index is 0.0357. The molecular formula is C17H21NO2S. The van der Waals surface area contributed by atoms with Gasteiger partial charge in [-0.2, -0.15) is 0 Å². The number of nitrogens with zero attached hydrogens (tertiary/aromatic N) is 1. The van der Waals surface area contributed by atoms with E-state index in [1.54, 1.807) is 28.6 Å². The number of ketones is 1. The summed E-state index contributed by atoms with van der Waals surface area (Å²) >= 11 is 1.68. The Morgan fingerprint density at radius 1 is 1.10 bits per heavy atom. The van der Waals surface area contributed by atoms with Crippen molar-refractivity contribution in [3.8, 4) is 0 Å². The second-order valence-electron chi connectivity index (χ2n) is 4.29. The summed E-state index contributed by atoms with van der Waals surface area (Å²) in [6, 6.07) is 11.1. The molecule has 0 atom stereocenters. The number of pyridine rings is 1. The Hall–Kier alpha value is -1.81. The molecule has 0 N–H and O–H groups in total. The predicted molar refractivity (Wildman–Crippen MR) is 89.4 cm³/mol. The van der Waals surface area contributed by atoms with Gasteiger partial charge >= 0.3 is 0 Å². The summed E-state index contributed by atoms with van der Waals surface area (Å²) in [7, 11) is 0. The van der Waals surface area contributed by atoms with E-state index in [-0.39, 0.29) is 11.3 Å². The smallest absolute Gasteiger partial charge is 0.250 e. The molecule has 2 rings (SSSR count). The number of hydrogen-bond acceptors (Lipinski definition) is 3. The van der Waals surface area contributed by atoms with Crippen molar-refractivity contribution in [3.05, 3.63) is 64.1 Å². The second kappa shape index (κ2) is 8.47. The third kappa shape index (κ3) is 4.90. The van der Waals surface area contributed by atoms with Gasteiger partial charge in [-0.05, 0) is 36.9 Å². The first kappa shape index (κ1) is 17.2. The van der Waals surface area contributed by atoms with E-state index in [0.717, 1.165) is 5.56 Å². The number of rotatable bonds is 4. The minimum atomic E-state index is -0.0982. The maximum absolute atomic E-state index is 11.8. The van der Waals surface area contributed by atoms with Gasteiger partial charge in [0, 0.05) is 22.7 Å². The molecule has 0 unspecified atom stereocenters. The molecule has 0 fully saturated rings. The first-order valence-corrected chi connectivity index (χ1v) is 8.17. The number of thioether (sulfide) groups is 1. The van der Waals surface area contributed by atoms with E-state index >= 15 is 0 Å². The molecule has 0 amide bonds. The van der Waals surface area contributed by atoms with E-state index in [1.807, 2.05) is 44.4 Å². The average Bonchev–Trinajstić information content (AvgIpc) is 2.52. The van der Waals surface area contributed by atoms with Gasteiger partial charge < -0.3 is 4.57 Å². The SMILES string of the molecule is CC.CSc1ccc(Cn2cc(C(C)=O)ccc2=O)cc1. The lowest BCUT2D eigenvalue weighted by molar-refractivity contribution is 0.101. The zero-order valence-electron chi connectivity index (χ0n) is 12.9. The van der Waals surface area contributed by atoms with Crippen molar-refractivity contribution >= 4 is 17.5 Å². The molecule has 0 spiro atoms. The summed E-state index contributed by atoms with van der Waals surface area (Å²) in [6.45, 7) is 5.98. The zero-order chi connectivity index (χ0) is 15.8. The zero-order valence-corrected chi connectivity index (χ0v) is 13.7. The van der Waals surface area contributed by atoms with E-state index in [9.17, 15) is 9.59 Å². The quantitative estimate of drug-likeness (QED) is 0.636. The van der Waals surface area contributed by atoms with E-state index in [1.165, 1.54) is 17.9 Å². The first-order chi connectivity index (χ1) is 10.1. The maximum atomic E-state index is 11.8. The van der Waals surface area contributed by atoms with Crippen LogP contribution in [0.5, 0.6) is 0 Å². The van der Waals surface area contributed by atoms with Crippen molar-refractivity contribution in [1.82, 2.24) is 4.57 Å². The lowest BCUT2D eigenvalue weighted by Gasteiger charge is -2.07. The van der Waals surface area contributed by atoms with Crippen LogP contribution in [0.3, 0.4) is 0 Å². The molecule has 1 heterocycles. The standard InChI is InChI=1S/C15H15NO2S.C2H6/c1-11(17)13-5-8-15(18)16(10-13)9-12-3-6-14(19-2)7-4-12;1-2/h3-8,10H,9H2,1-2H3;1-2H3. The fourth-order valence-corrected chi connectivity index (χ4v) is 2.20. The fraction of sp³-hybridized carbons (Fsp3) is 0.294. The number of aromatic nitrogens is 1. The molecule has 0 saturated carbocycles. The summed E-state index contributed by atoms with van der Waals surface area (Å²) in [4.78, 5) is 24.3. The van der Waals surface area contributed by atoms with Crippen LogP contribution in [0.1, 0.15) is 36.7 Å². The van der Waals surface area contributed by atoms with Crippen molar-refractivity contribution in [2.45, 2.75) is 32.2 Å². The van der Waals surface area contributed by atoms with Gasteiger partial charge in [0.25, 0.3) is 5.56 Å². The van der Waals surface area contributed by atoms with Gasteiger partial charge in [-0.3, -0.25) is 9.59 Å². The monoisotopic (exact) mass is 303 g/mol. The summed E-state index contributed by atoms with van der Waals surface area (Å²) in [5.74, 6) is -0.0357. The highest BCUT2D eigenvalue weighted by molar-refractivity contribution is 7.98. The molecule has 0 bridgehead atoms. The van der Waals surface area contributed by atoms with Crippen molar-refractivity contribution in [1.29, 1.82) is 0 Å². The molecule has 0 saturated heterocycles. The Bertz CT molecular complexity index is 645. The van der Waals surface area contributed by atoms with Crippen LogP contribution in [0.25, 0.3) is 0 Å². The van der Waals surface area contributed by atoms with Gasteiger partial charge in [-0.1, -0.05) is 26.0 Å². The Morgan fingerprint density at radius 3 is 2.24 bits per heavy atom. The lowest BCUT2D eigenvalue weighted by Crippen LogP contribution is -2.20. The van der Waals surface area contributed by atoms with E-state index in [0.29, 0.717) is 12.1 Å². The molecule has 3 nitrogen and oxygen atoms in total. The van der Waals surface area contributed by atoms with Crippen LogP contribution in [-0.2, 0) is 6.54 Å². The van der Waals surface area contributed by atoms with Gasteiger partial charge in [0.15, 0.2) is 5.78 Å². The minimum Gasteiger partial charge on any atom is -0.310 e. The van der Waals surface area contributed by atoms with Gasteiger partial charge in [0.1, 0.15) is 0 Å². The normalized spacial score (nSPS) is 9.71. The van der Waals surface area contributed by atoms with Gasteiger partial charge in [-0.25, -0.2) is 0 Å². The van der Waals surface area contributed by atoms with Crippen molar-refractivity contribution in [3.63, 3.8) is 0 Å². The highest BCUT2D eigenvalue weighted by Crippen LogP contribution is 2.15. The Labute approximate surface area is 130 Å². The number of carbonyl (C=O) groups excluding carboxylic acids is 1. The number of benzene rings is 1. The third-order valence-corrected chi connectivity index (χ3v) is 3.65.